The second kappa shape index (κ2) is 8.62. The number of amides is 1. The molecule has 0 fully saturated rings. The van der Waals surface area contributed by atoms with Crippen molar-refractivity contribution >= 4 is 11.9 Å². The Hall–Kier alpha value is -3.63. The third-order valence-corrected chi connectivity index (χ3v) is 5.74. The molecule has 0 unspecified atom stereocenters. The van der Waals surface area contributed by atoms with Gasteiger partial charge in [0, 0.05) is 23.7 Å². The molecule has 2 aromatic heterocycles. The van der Waals surface area contributed by atoms with Crippen LogP contribution < -0.4 is 0 Å². The Labute approximate surface area is 193 Å². The minimum Gasteiger partial charge on any atom is -0.461 e. The summed E-state index contributed by atoms with van der Waals surface area (Å²) in [4.78, 5) is 27.3. The molecule has 1 aromatic carbocycles. The van der Waals surface area contributed by atoms with Crippen LogP contribution in [0.3, 0.4) is 0 Å². The van der Waals surface area contributed by atoms with Crippen molar-refractivity contribution in [2.45, 2.75) is 45.5 Å². The first-order chi connectivity index (χ1) is 16.0. The number of nitrogens with zero attached hydrogens (tertiary/aromatic N) is 4. The summed E-state index contributed by atoms with van der Waals surface area (Å²) in [6.07, 6.45) is -1.48. The normalized spacial score (nSPS) is 15.2. The average molecular weight is 475 g/mol. The number of ether oxygens (including phenoxy) is 1. The minimum absolute atomic E-state index is 0.0986. The number of carbonyl (C=O) groups is 2. The summed E-state index contributed by atoms with van der Waals surface area (Å²) in [5, 5.41) is 10.9. The monoisotopic (exact) mass is 475 g/mol. The Morgan fingerprint density at radius 2 is 1.91 bits per heavy atom. The first-order valence-electron chi connectivity index (χ1n) is 10.7. The Kier molecular flexibility index (Phi) is 5.96. The predicted molar refractivity (Wildman–Crippen MR) is 115 cm³/mol. The molecule has 1 aliphatic rings. The summed E-state index contributed by atoms with van der Waals surface area (Å²) >= 11 is 0. The second-order valence-corrected chi connectivity index (χ2v) is 8.78. The largest absolute Gasteiger partial charge is 0.461 e. The van der Waals surface area contributed by atoms with Crippen molar-refractivity contribution in [3.63, 3.8) is 0 Å². The highest BCUT2D eigenvalue weighted by atomic mass is 19.4. The van der Waals surface area contributed by atoms with Crippen molar-refractivity contribution in [1.82, 2.24) is 24.9 Å². The summed E-state index contributed by atoms with van der Waals surface area (Å²) in [7, 11) is 0. The highest BCUT2D eigenvalue weighted by Gasteiger charge is 2.41. The predicted octanol–water partition coefficient (Wildman–Crippen LogP) is 3.78. The molecule has 180 valence electrons. The van der Waals surface area contributed by atoms with E-state index in [4.69, 9.17) is 4.74 Å². The van der Waals surface area contributed by atoms with Gasteiger partial charge in [0.15, 0.2) is 5.69 Å². The van der Waals surface area contributed by atoms with Crippen LogP contribution in [0.5, 0.6) is 0 Å². The van der Waals surface area contributed by atoms with Gasteiger partial charge >= 0.3 is 12.1 Å². The molecule has 0 spiro atoms. The molecular weight excluding hydrogens is 451 g/mol. The standard InChI is InChI=1S/C23H24F3N5O3/c1-4-34-21(33)18-17-12-30(20(32)15-9-27-28-10-15)13-22(2,3)19(17)31(29-18)11-14-5-7-16(8-6-14)23(24,25)26/h5-10H,4,11-13H2,1-3H3,(H,27,28). The van der Waals surface area contributed by atoms with Crippen LogP contribution in [0.2, 0.25) is 0 Å². The van der Waals surface area contributed by atoms with Gasteiger partial charge in [-0.3, -0.25) is 14.6 Å². The number of esters is 1. The van der Waals surface area contributed by atoms with Crippen LogP contribution in [0.15, 0.2) is 36.7 Å². The van der Waals surface area contributed by atoms with Gasteiger partial charge in [0.2, 0.25) is 0 Å². The van der Waals surface area contributed by atoms with Gasteiger partial charge in [0.25, 0.3) is 5.91 Å². The molecule has 11 heteroatoms. The number of aromatic nitrogens is 4. The van der Waals surface area contributed by atoms with E-state index in [1.165, 1.54) is 24.5 Å². The number of carbonyl (C=O) groups excluding carboxylic acids is 2. The number of hydrogen-bond donors (Lipinski definition) is 1. The minimum atomic E-state index is -4.42. The van der Waals surface area contributed by atoms with E-state index < -0.39 is 23.1 Å². The maximum Gasteiger partial charge on any atom is 0.416 e. The molecule has 0 atom stereocenters. The number of halogens is 3. The highest BCUT2D eigenvalue weighted by Crippen LogP contribution is 2.37. The Bertz CT molecular complexity index is 1200. The van der Waals surface area contributed by atoms with Crippen molar-refractivity contribution in [2.24, 2.45) is 0 Å². The van der Waals surface area contributed by atoms with Crippen molar-refractivity contribution in [1.29, 1.82) is 0 Å². The number of aromatic amines is 1. The second-order valence-electron chi connectivity index (χ2n) is 8.78. The molecule has 0 saturated heterocycles. The number of H-pyrrole nitrogens is 1. The van der Waals surface area contributed by atoms with Crippen molar-refractivity contribution < 1.29 is 27.5 Å². The summed E-state index contributed by atoms with van der Waals surface area (Å²) in [5.74, 6) is -0.851. The van der Waals surface area contributed by atoms with Crippen LogP contribution in [0.25, 0.3) is 0 Å². The SMILES string of the molecule is CCOC(=O)c1nn(Cc2ccc(C(F)(F)F)cc2)c2c1CN(C(=O)c1cn[nH]c1)CC2(C)C. The number of rotatable bonds is 5. The molecule has 1 amide bonds. The van der Waals surface area contributed by atoms with E-state index in [1.54, 1.807) is 16.5 Å². The van der Waals surface area contributed by atoms with E-state index in [0.29, 0.717) is 23.2 Å². The molecule has 1 N–H and O–H groups in total. The number of nitrogens with one attached hydrogen (secondary N) is 1. The molecular formula is C23H24F3N5O3. The van der Waals surface area contributed by atoms with Gasteiger partial charge in [0.1, 0.15) is 0 Å². The van der Waals surface area contributed by atoms with Crippen molar-refractivity contribution in [3.8, 4) is 0 Å². The molecule has 1 aliphatic heterocycles. The average Bonchev–Trinajstić information content (AvgIpc) is 3.41. The quantitative estimate of drug-likeness (QED) is 0.567. The van der Waals surface area contributed by atoms with Gasteiger partial charge in [-0.05, 0) is 24.6 Å². The summed E-state index contributed by atoms with van der Waals surface area (Å²) in [6.45, 7) is 6.36. The lowest BCUT2D eigenvalue weighted by Gasteiger charge is -2.38. The van der Waals surface area contributed by atoms with Crippen LogP contribution in [0, 0.1) is 0 Å². The zero-order valence-corrected chi connectivity index (χ0v) is 18.9. The summed E-state index contributed by atoms with van der Waals surface area (Å²) < 4.78 is 45.6. The van der Waals surface area contributed by atoms with Crippen molar-refractivity contribution in [2.75, 3.05) is 13.2 Å². The first kappa shape index (κ1) is 23.5. The zero-order valence-electron chi connectivity index (χ0n) is 18.9. The van der Waals surface area contributed by atoms with E-state index in [2.05, 4.69) is 15.3 Å². The van der Waals surface area contributed by atoms with Gasteiger partial charge < -0.3 is 9.64 Å². The lowest BCUT2D eigenvalue weighted by atomic mass is 9.82. The molecule has 4 rings (SSSR count). The van der Waals surface area contributed by atoms with Crippen LogP contribution >= 0.6 is 0 Å². The van der Waals surface area contributed by atoms with Gasteiger partial charge in [-0.1, -0.05) is 26.0 Å². The van der Waals surface area contributed by atoms with Crippen LogP contribution in [-0.2, 0) is 29.4 Å². The Morgan fingerprint density at radius 1 is 1.21 bits per heavy atom. The first-order valence-corrected chi connectivity index (χ1v) is 10.7. The van der Waals surface area contributed by atoms with E-state index in [9.17, 15) is 22.8 Å². The third kappa shape index (κ3) is 4.42. The van der Waals surface area contributed by atoms with Gasteiger partial charge in [0.05, 0.1) is 42.7 Å². The van der Waals surface area contributed by atoms with Crippen LogP contribution in [-0.4, -0.2) is 49.9 Å². The fourth-order valence-electron chi connectivity index (χ4n) is 4.35. The number of alkyl halides is 3. The molecule has 8 nitrogen and oxygen atoms in total. The Balaban J connectivity index is 1.73. The number of benzene rings is 1. The molecule has 0 bridgehead atoms. The fourth-order valence-corrected chi connectivity index (χ4v) is 4.35. The lowest BCUT2D eigenvalue weighted by molar-refractivity contribution is -0.137. The third-order valence-electron chi connectivity index (χ3n) is 5.74. The van der Waals surface area contributed by atoms with Gasteiger partial charge in [-0.15, -0.1) is 0 Å². The summed E-state index contributed by atoms with van der Waals surface area (Å²) in [5.41, 5.74) is 1.07. The number of hydrogen-bond acceptors (Lipinski definition) is 5. The van der Waals surface area contributed by atoms with Gasteiger partial charge in [-0.2, -0.15) is 23.4 Å². The topological polar surface area (TPSA) is 93.1 Å². The maximum absolute atomic E-state index is 13.0. The maximum atomic E-state index is 13.0. The Morgan fingerprint density at radius 3 is 2.50 bits per heavy atom. The fraction of sp³-hybridized carbons (Fsp3) is 0.391. The molecule has 0 radical (unpaired) electrons. The van der Waals surface area contributed by atoms with E-state index >= 15 is 0 Å². The lowest BCUT2D eigenvalue weighted by Crippen LogP contribution is -2.46. The highest BCUT2D eigenvalue weighted by molar-refractivity contribution is 5.94. The van der Waals surface area contributed by atoms with Crippen molar-refractivity contribution in [3.05, 3.63) is 70.3 Å². The summed E-state index contributed by atoms with van der Waals surface area (Å²) in [6, 6.07) is 4.83. The van der Waals surface area contributed by atoms with E-state index in [0.717, 1.165) is 17.8 Å². The van der Waals surface area contributed by atoms with Crippen LogP contribution in [0.1, 0.15) is 64.0 Å². The van der Waals surface area contributed by atoms with Gasteiger partial charge in [-0.25, -0.2) is 4.79 Å². The number of fused-ring (bicyclic) bond motifs is 1. The smallest absolute Gasteiger partial charge is 0.416 e. The van der Waals surface area contributed by atoms with E-state index in [-0.39, 0.29) is 31.3 Å². The molecule has 34 heavy (non-hydrogen) atoms. The molecule has 3 aromatic rings. The zero-order chi connectivity index (χ0) is 24.7. The molecule has 3 heterocycles. The molecule has 0 saturated carbocycles. The van der Waals surface area contributed by atoms with E-state index in [1.807, 2.05) is 13.8 Å². The molecule has 0 aliphatic carbocycles. The van der Waals surface area contributed by atoms with Crippen LogP contribution in [0.4, 0.5) is 13.2 Å².